The van der Waals surface area contributed by atoms with Crippen LogP contribution in [0, 0.1) is 13.8 Å². The van der Waals surface area contributed by atoms with Gasteiger partial charge in [-0.3, -0.25) is 9.69 Å². The molecule has 0 aromatic heterocycles. The third kappa shape index (κ3) is 5.00. The molecular formula is C20H24BrN3O3S. The molecular weight excluding hydrogens is 442 g/mol. The first kappa shape index (κ1) is 21.0. The largest absolute Gasteiger partial charge is 0.325 e. The van der Waals surface area contributed by atoms with Crippen molar-refractivity contribution < 1.29 is 13.2 Å². The Morgan fingerprint density at radius 2 is 1.79 bits per heavy atom. The molecule has 0 unspecified atom stereocenters. The van der Waals surface area contributed by atoms with Gasteiger partial charge in [0.25, 0.3) is 0 Å². The van der Waals surface area contributed by atoms with Gasteiger partial charge in [-0.2, -0.15) is 4.31 Å². The standard InChI is InChI=1S/C20H24BrN3O3S/c1-15-6-7-16(2)19(12-15)28(26,27)24-10-8-23(9-11-24)14-20(25)22-18-5-3-4-17(21)13-18/h3-7,12-13H,8-11,14H2,1-2H3,(H,22,25). The Balaban J connectivity index is 1.58. The van der Waals surface area contributed by atoms with Crippen LogP contribution in [0.5, 0.6) is 0 Å². The molecule has 1 aliphatic heterocycles. The fraction of sp³-hybridized carbons (Fsp3) is 0.350. The van der Waals surface area contributed by atoms with Gasteiger partial charge < -0.3 is 5.32 Å². The summed E-state index contributed by atoms with van der Waals surface area (Å²) in [7, 11) is -3.52. The Morgan fingerprint density at radius 3 is 2.46 bits per heavy atom. The van der Waals surface area contributed by atoms with Crippen molar-refractivity contribution in [2.75, 3.05) is 38.0 Å². The van der Waals surface area contributed by atoms with Gasteiger partial charge in [0.15, 0.2) is 0 Å². The van der Waals surface area contributed by atoms with Gasteiger partial charge in [0.2, 0.25) is 15.9 Å². The molecule has 28 heavy (non-hydrogen) atoms. The molecule has 2 aromatic rings. The first-order valence-corrected chi connectivity index (χ1v) is 11.3. The van der Waals surface area contributed by atoms with E-state index in [1.54, 1.807) is 6.07 Å². The number of halogens is 1. The van der Waals surface area contributed by atoms with Crippen molar-refractivity contribution in [2.24, 2.45) is 0 Å². The Hall–Kier alpha value is -1.74. The zero-order chi connectivity index (χ0) is 20.3. The number of carbonyl (C=O) groups excluding carboxylic acids is 1. The molecule has 1 aliphatic rings. The van der Waals surface area contributed by atoms with Gasteiger partial charge in [-0.05, 0) is 49.2 Å². The Kier molecular flexibility index (Phi) is 6.54. The average molecular weight is 466 g/mol. The van der Waals surface area contributed by atoms with E-state index in [1.807, 2.05) is 55.1 Å². The smallest absolute Gasteiger partial charge is 0.243 e. The molecule has 3 rings (SSSR count). The number of benzene rings is 2. The van der Waals surface area contributed by atoms with E-state index in [2.05, 4.69) is 21.2 Å². The summed E-state index contributed by atoms with van der Waals surface area (Å²) < 4.78 is 28.4. The van der Waals surface area contributed by atoms with E-state index in [9.17, 15) is 13.2 Å². The van der Waals surface area contributed by atoms with Crippen molar-refractivity contribution in [3.05, 3.63) is 58.1 Å². The molecule has 6 nitrogen and oxygen atoms in total. The van der Waals surface area contributed by atoms with E-state index in [0.29, 0.717) is 31.1 Å². The average Bonchev–Trinajstić information content (AvgIpc) is 2.64. The fourth-order valence-corrected chi connectivity index (χ4v) is 5.35. The second-order valence-corrected chi connectivity index (χ2v) is 9.83. The Labute approximate surface area is 174 Å². The highest BCUT2D eigenvalue weighted by Gasteiger charge is 2.30. The normalized spacial score (nSPS) is 16.1. The fourth-order valence-electron chi connectivity index (χ4n) is 3.22. The second kappa shape index (κ2) is 8.73. The number of sulfonamides is 1. The van der Waals surface area contributed by atoms with Crippen molar-refractivity contribution in [3.63, 3.8) is 0 Å². The van der Waals surface area contributed by atoms with Crippen molar-refractivity contribution in [1.82, 2.24) is 9.21 Å². The van der Waals surface area contributed by atoms with Crippen LogP contribution in [0.15, 0.2) is 51.8 Å². The molecule has 0 aliphatic carbocycles. The number of hydrogen-bond acceptors (Lipinski definition) is 4. The predicted octanol–water partition coefficient (Wildman–Crippen LogP) is 3.01. The van der Waals surface area contributed by atoms with E-state index < -0.39 is 10.0 Å². The SMILES string of the molecule is Cc1ccc(C)c(S(=O)(=O)N2CCN(CC(=O)Nc3cccc(Br)c3)CC2)c1. The zero-order valence-corrected chi connectivity index (χ0v) is 18.4. The number of piperazine rings is 1. The molecule has 1 heterocycles. The molecule has 1 amide bonds. The Bertz CT molecular complexity index is 970. The molecule has 0 saturated carbocycles. The lowest BCUT2D eigenvalue weighted by atomic mass is 10.2. The number of aryl methyl sites for hydroxylation is 2. The second-order valence-electron chi connectivity index (χ2n) is 7.01. The van der Waals surface area contributed by atoms with Gasteiger partial charge in [-0.15, -0.1) is 0 Å². The van der Waals surface area contributed by atoms with Crippen LogP contribution in [0.25, 0.3) is 0 Å². The van der Waals surface area contributed by atoms with Crippen LogP contribution in [-0.4, -0.2) is 56.3 Å². The van der Waals surface area contributed by atoms with Crippen molar-refractivity contribution in [2.45, 2.75) is 18.7 Å². The molecule has 8 heteroatoms. The summed E-state index contributed by atoms with van der Waals surface area (Å²) in [5.41, 5.74) is 2.41. The minimum Gasteiger partial charge on any atom is -0.325 e. The van der Waals surface area contributed by atoms with Crippen LogP contribution in [0.2, 0.25) is 0 Å². The van der Waals surface area contributed by atoms with Crippen LogP contribution in [0.4, 0.5) is 5.69 Å². The molecule has 2 aromatic carbocycles. The number of carbonyl (C=O) groups is 1. The summed E-state index contributed by atoms with van der Waals surface area (Å²) in [5.74, 6) is -0.107. The molecule has 150 valence electrons. The zero-order valence-electron chi connectivity index (χ0n) is 16.0. The molecule has 0 spiro atoms. The summed E-state index contributed by atoms with van der Waals surface area (Å²) in [4.78, 5) is 14.6. The van der Waals surface area contributed by atoms with Gasteiger partial charge in [0, 0.05) is 36.3 Å². The minimum absolute atomic E-state index is 0.107. The topological polar surface area (TPSA) is 69.7 Å². The lowest BCUT2D eigenvalue weighted by Crippen LogP contribution is -2.50. The van der Waals surface area contributed by atoms with Crippen LogP contribution < -0.4 is 5.32 Å². The van der Waals surface area contributed by atoms with E-state index in [0.717, 1.165) is 21.3 Å². The third-order valence-electron chi connectivity index (χ3n) is 4.77. The van der Waals surface area contributed by atoms with Crippen LogP contribution in [-0.2, 0) is 14.8 Å². The van der Waals surface area contributed by atoms with Gasteiger partial charge >= 0.3 is 0 Å². The van der Waals surface area contributed by atoms with Gasteiger partial charge in [0.1, 0.15) is 0 Å². The van der Waals surface area contributed by atoms with Crippen LogP contribution in [0.3, 0.4) is 0 Å². The van der Waals surface area contributed by atoms with E-state index in [1.165, 1.54) is 4.31 Å². The molecule has 0 atom stereocenters. The summed E-state index contributed by atoms with van der Waals surface area (Å²) in [6.45, 7) is 5.74. The van der Waals surface area contributed by atoms with E-state index in [4.69, 9.17) is 0 Å². The summed E-state index contributed by atoms with van der Waals surface area (Å²) in [6, 6.07) is 12.9. The first-order chi connectivity index (χ1) is 13.3. The number of anilines is 1. The highest BCUT2D eigenvalue weighted by atomic mass is 79.9. The highest BCUT2D eigenvalue weighted by molar-refractivity contribution is 9.10. The third-order valence-corrected chi connectivity index (χ3v) is 7.30. The summed E-state index contributed by atoms with van der Waals surface area (Å²) in [6.07, 6.45) is 0. The summed E-state index contributed by atoms with van der Waals surface area (Å²) >= 11 is 3.38. The molecule has 0 bridgehead atoms. The maximum absolute atomic E-state index is 13.0. The minimum atomic E-state index is -3.52. The van der Waals surface area contributed by atoms with E-state index >= 15 is 0 Å². The molecule has 0 radical (unpaired) electrons. The molecule has 1 N–H and O–H groups in total. The van der Waals surface area contributed by atoms with Crippen molar-refractivity contribution in [3.8, 4) is 0 Å². The van der Waals surface area contributed by atoms with Gasteiger partial charge in [0.05, 0.1) is 11.4 Å². The lowest BCUT2D eigenvalue weighted by Gasteiger charge is -2.33. The van der Waals surface area contributed by atoms with Crippen LogP contribution in [0.1, 0.15) is 11.1 Å². The first-order valence-electron chi connectivity index (χ1n) is 9.11. The predicted molar refractivity (Wildman–Crippen MR) is 114 cm³/mol. The van der Waals surface area contributed by atoms with Crippen molar-refractivity contribution in [1.29, 1.82) is 0 Å². The van der Waals surface area contributed by atoms with Gasteiger partial charge in [-0.1, -0.05) is 34.1 Å². The number of nitrogens with one attached hydrogen (secondary N) is 1. The summed E-state index contributed by atoms with van der Waals surface area (Å²) in [5, 5.41) is 2.87. The van der Waals surface area contributed by atoms with Gasteiger partial charge in [-0.25, -0.2) is 8.42 Å². The quantitative estimate of drug-likeness (QED) is 0.736. The van der Waals surface area contributed by atoms with E-state index in [-0.39, 0.29) is 12.5 Å². The molecule has 1 fully saturated rings. The van der Waals surface area contributed by atoms with Crippen LogP contribution >= 0.6 is 15.9 Å². The van der Waals surface area contributed by atoms with Crippen molar-refractivity contribution >= 4 is 37.5 Å². The maximum atomic E-state index is 13.0. The molecule has 1 saturated heterocycles. The number of amides is 1. The number of hydrogen-bond donors (Lipinski definition) is 1. The number of rotatable bonds is 5. The maximum Gasteiger partial charge on any atom is 0.243 e. The highest BCUT2D eigenvalue weighted by Crippen LogP contribution is 2.22. The number of nitrogens with zero attached hydrogens (tertiary/aromatic N) is 2. The lowest BCUT2D eigenvalue weighted by molar-refractivity contribution is -0.117. The Morgan fingerprint density at radius 1 is 1.07 bits per heavy atom. The monoisotopic (exact) mass is 465 g/mol.